The fourth-order valence-electron chi connectivity index (χ4n) is 4.12. The predicted molar refractivity (Wildman–Crippen MR) is 155 cm³/mol. The van der Waals surface area contributed by atoms with E-state index in [1.165, 1.54) is 29.7 Å². The molecule has 4 rings (SSSR count). The molecule has 0 saturated heterocycles. The normalized spacial score (nSPS) is 11.3. The zero-order valence-corrected chi connectivity index (χ0v) is 24.3. The average Bonchev–Trinajstić information content (AvgIpc) is 2.97. The molecule has 14 heteroatoms. The molecule has 2 N–H and O–H groups in total. The molecular formula is C30H30F4N6O4. The first-order chi connectivity index (χ1) is 21.0. The molecule has 0 aliphatic rings. The highest BCUT2D eigenvalue weighted by Crippen LogP contribution is 2.35. The van der Waals surface area contributed by atoms with Crippen LogP contribution in [0.4, 0.5) is 33.7 Å². The van der Waals surface area contributed by atoms with Gasteiger partial charge < -0.3 is 29.7 Å². The molecule has 2 heterocycles. The fraction of sp³-hybridized carbons (Fsp3) is 0.267. The van der Waals surface area contributed by atoms with Gasteiger partial charge in [-0.25, -0.2) is 19.2 Å². The van der Waals surface area contributed by atoms with Crippen molar-refractivity contribution in [1.29, 1.82) is 0 Å². The summed E-state index contributed by atoms with van der Waals surface area (Å²) in [6, 6.07) is 7.47. The van der Waals surface area contributed by atoms with Crippen LogP contribution in [0.1, 0.15) is 23.6 Å². The third kappa shape index (κ3) is 8.31. The van der Waals surface area contributed by atoms with Crippen LogP contribution in [0.15, 0.2) is 61.2 Å². The van der Waals surface area contributed by atoms with E-state index in [1.54, 1.807) is 39.4 Å². The average molecular weight is 615 g/mol. The predicted octanol–water partition coefficient (Wildman–Crippen LogP) is 6.39. The van der Waals surface area contributed by atoms with E-state index in [0.29, 0.717) is 35.5 Å². The molecule has 0 spiro atoms. The number of anilines is 2. The molecule has 2 aromatic carbocycles. The number of ether oxygens (including phenoxy) is 3. The first kappa shape index (κ1) is 31.9. The Morgan fingerprint density at radius 1 is 0.932 bits per heavy atom. The van der Waals surface area contributed by atoms with Crippen molar-refractivity contribution in [3.63, 3.8) is 0 Å². The smallest absolute Gasteiger partial charge is 0.416 e. The van der Waals surface area contributed by atoms with E-state index < -0.39 is 29.3 Å². The van der Waals surface area contributed by atoms with Crippen LogP contribution in [-0.4, -0.2) is 53.7 Å². The molecule has 10 nitrogen and oxygen atoms in total. The Labute approximate surface area is 251 Å². The number of hydrogen-bond acceptors (Lipinski definition) is 8. The maximum absolute atomic E-state index is 14.6. The highest BCUT2D eigenvalue weighted by Gasteiger charge is 2.34. The molecule has 0 aliphatic carbocycles. The fourth-order valence-corrected chi connectivity index (χ4v) is 4.12. The van der Waals surface area contributed by atoms with Gasteiger partial charge in [0.25, 0.3) is 0 Å². The summed E-state index contributed by atoms with van der Waals surface area (Å²) in [5.74, 6) is 1.00. The minimum atomic E-state index is -4.74. The standard InChI is InChI=1S/C30H30F4N6O4/c1-5-43-27-10-22(42-4)7-6-18(27)17-44-23-8-19(12-35-15-23)28-36-13-21(14-37-28)38-29(41)39-26-11-24(30(32,33)34)20(9-25(26)31)16-40(2)3/h6-15H,5,16-17H2,1-4H3,(H2,38,39,41). The summed E-state index contributed by atoms with van der Waals surface area (Å²) in [5, 5.41) is 4.50. The van der Waals surface area contributed by atoms with Crippen molar-refractivity contribution in [2.75, 3.05) is 38.4 Å². The van der Waals surface area contributed by atoms with Crippen molar-refractivity contribution in [3.05, 3.63) is 83.7 Å². The minimum Gasteiger partial charge on any atom is -0.497 e. The maximum atomic E-state index is 14.6. The number of carbonyl (C=O) groups is 1. The topological polar surface area (TPSA) is 111 Å². The Kier molecular flexibility index (Phi) is 10.2. The summed E-state index contributed by atoms with van der Waals surface area (Å²) in [4.78, 5) is 26.6. The first-order valence-electron chi connectivity index (χ1n) is 13.3. The Morgan fingerprint density at radius 2 is 1.68 bits per heavy atom. The van der Waals surface area contributed by atoms with Gasteiger partial charge in [0.2, 0.25) is 0 Å². The molecule has 0 fully saturated rings. The second-order valence-electron chi connectivity index (χ2n) is 9.70. The van der Waals surface area contributed by atoms with Gasteiger partial charge in [-0.3, -0.25) is 4.98 Å². The van der Waals surface area contributed by atoms with Crippen molar-refractivity contribution in [2.45, 2.75) is 26.3 Å². The summed E-state index contributed by atoms with van der Waals surface area (Å²) in [7, 11) is 4.70. The number of urea groups is 1. The van der Waals surface area contributed by atoms with Crippen LogP contribution in [0.2, 0.25) is 0 Å². The van der Waals surface area contributed by atoms with Crippen molar-refractivity contribution >= 4 is 17.4 Å². The molecule has 44 heavy (non-hydrogen) atoms. The third-order valence-corrected chi connectivity index (χ3v) is 6.08. The number of alkyl halides is 3. The van der Waals surface area contributed by atoms with Gasteiger partial charge in [-0.05, 0) is 56.9 Å². The highest BCUT2D eigenvalue weighted by molar-refractivity contribution is 5.99. The molecule has 4 aromatic rings. The number of amides is 2. The SMILES string of the molecule is CCOc1cc(OC)ccc1COc1cncc(-c2ncc(NC(=O)Nc3cc(C(F)(F)F)c(CN(C)C)cc3F)cn2)c1. The molecule has 0 unspecified atom stereocenters. The van der Waals surface area contributed by atoms with E-state index >= 15 is 0 Å². The number of rotatable bonds is 11. The van der Waals surface area contributed by atoms with Crippen LogP contribution < -0.4 is 24.8 Å². The lowest BCUT2D eigenvalue weighted by molar-refractivity contribution is -0.138. The van der Waals surface area contributed by atoms with E-state index in [4.69, 9.17) is 14.2 Å². The zero-order valence-electron chi connectivity index (χ0n) is 24.3. The number of aromatic nitrogens is 3. The number of nitrogens with one attached hydrogen (secondary N) is 2. The number of benzene rings is 2. The van der Waals surface area contributed by atoms with Crippen LogP contribution >= 0.6 is 0 Å². The lowest BCUT2D eigenvalue weighted by Crippen LogP contribution is -2.22. The van der Waals surface area contributed by atoms with Crippen LogP contribution in [0.5, 0.6) is 17.2 Å². The lowest BCUT2D eigenvalue weighted by atomic mass is 10.0. The number of halogens is 4. The second kappa shape index (κ2) is 14.0. The van der Waals surface area contributed by atoms with Crippen molar-refractivity contribution in [3.8, 4) is 28.6 Å². The summed E-state index contributed by atoms with van der Waals surface area (Å²) >= 11 is 0. The Morgan fingerprint density at radius 3 is 2.34 bits per heavy atom. The van der Waals surface area contributed by atoms with E-state index in [9.17, 15) is 22.4 Å². The molecule has 0 aliphatic heterocycles. The molecule has 0 atom stereocenters. The molecule has 0 saturated carbocycles. The first-order valence-corrected chi connectivity index (χ1v) is 13.3. The molecule has 2 amide bonds. The summed E-state index contributed by atoms with van der Waals surface area (Å²) in [5.41, 5.74) is -0.472. The summed E-state index contributed by atoms with van der Waals surface area (Å²) in [6.45, 7) is 2.42. The molecule has 0 bridgehead atoms. The van der Waals surface area contributed by atoms with E-state index in [2.05, 4.69) is 25.6 Å². The van der Waals surface area contributed by atoms with E-state index in [-0.39, 0.29) is 30.2 Å². The largest absolute Gasteiger partial charge is 0.497 e. The van der Waals surface area contributed by atoms with Gasteiger partial charge in [0.05, 0.1) is 49.2 Å². The molecule has 2 aromatic heterocycles. The van der Waals surface area contributed by atoms with Gasteiger partial charge in [0.15, 0.2) is 5.82 Å². The summed E-state index contributed by atoms with van der Waals surface area (Å²) < 4.78 is 72.2. The molecule has 232 valence electrons. The Bertz CT molecular complexity index is 1600. The number of hydrogen-bond donors (Lipinski definition) is 2. The van der Waals surface area contributed by atoms with E-state index in [1.807, 2.05) is 13.0 Å². The summed E-state index contributed by atoms with van der Waals surface area (Å²) in [6.07, 6.45) is 0.901. The highest BCUT2D eigenvalue weighted by atomic mass is 19.4. The number of carbonyl (C=O) groups excluding carboxylic acids is 1. The monoisotopic (exact) mass is 614 g/mol. The van der Waals surface area contributed by atoms with Crippen LogP contribution in [0.3, 0.4) is 0 Å². The van der Waals surface area contributed by atoms with Crippen LogP contribution in [0.25, 0.3) is 11.4 Å². The Balaban J connectivity index is 1.42. The minimum absolute atomic E-state index is 0.121. The number of methoxy groups -OCH3 is 1. The second-order valence-corrected chi connectivity index (χ2v) is 9.70. The van der Waals surface area contributed by atoms with Gasteiger partial charge >= 0.3 is 12.2 Å². The van der Waals surface area contributed by atoms with Crippen molar-refractivity contribution in [1.82, 2.24) is 19.9 Å². The van der Waals surface area contributed by atoms with Gasteiger partial charge in [-0.2, -0.15) is 13.2 Å². The van der Waals surface area contributed by atoms with E-state index in [0.717, 1.165) is 11.6 Å². The zero-order chi connectivity index (χ0) is 31.9. The molecule has 0 radical (unpaired) electrons. The van der Waals surface area contributed by atoms with Crippen molar-refractivity contribution in [2.24, 2.45) is 0 Å². The van der Waals surface area contributed by atoms with Crippen LogP contribution in [-0.2, 0) is 19.3 Å². The lowest BCUT2D eigenvalue weighted by Gasteiger charge is -2.18. The van der Waals surface area contributed by atoms with Crippen LogP contribution in [0, 0.1) is 5.82 Å². The van der Waals surface area contributed by atoms with Gasteiger partial charge in [0, 0.05) is 29.9 Å². The maximum Gasteiger partial charge on any atom is 0.416 e. The van der Waals surface area contributed by atoms with Gasteiger partial charge in [-0.1, -0.05) is 0 Å². The quantitative estimate of drug-likeness (QED) is 0.187. The van der Waals surface area contributed by atoms with Gasteiger partial charge in [-0.15, -0.1) is 0 Å². The number of pyridine rings is 1. The van der Waals surface area contributed by atoms with Crippen molar-refractivity contribution < 1.29 is 36.6 Å². The number of nitrogens with zero attached hydrogens (tertiary/aromatic N) is 4. The Hall–Kier alpha value is -4.98. The van der Waals surface area contributed by atoms with Gasteiger partial charge in [0.1, 0.15) is 29.7 Å². The third-order valence-electron chi connectivity index (χ3n) is 6.08. The molecular weight excluding hydrogens is 584 g/mol.